The number of anilines is 1. The first-order valence-corrected chi connectivity index (χ1v) is 8.85. The Labute approximate surface area is 146 Å². The first-order valence-electron chi connectivity index (χ1n) is 8.85. The Morgan fingerprint density at radius 1 is 1.12 bits per heavy atom. The van der Waals surface area contributed by atoms with Crippen LogP contribution in [0.15, 0.2) is 30.6 Å². The molecule has 3 aromatic rings. The number of rotatable bonds is 3. The summed E-state index contributed by atoms with van der Waals surface area (Å²) in [6.07, 6.45) is 7.75. The van der Waals surface area contributed by atoms with Gasteiger partial charge in [0.1, 0.15) is 23.6 Å². The van der Waals surface area contributed by atoms with Gasteiger partial charge >= 0.3 is 0 Å². The van der Waals surface area contributed by atoms with Crippen molar-refractivity contribution in [2.45, 2.75) is 45.1 Å². The van der Waals surface area contributed by atoms with Gasteiger partial charge in [0.15, 0.2) is 5.65 Å². The number of hydrogen-bond acceptors (Lipinski definition) is 4. The standard InChI is InChI=1S/C19H22FN5/c1-13-17-18(24(2)14-8-4-3-5-9-14)21-12-22-19(17)25(23-13)16-11-7-6-10-15(16)20/h6-7,10-12,14H,3-5,8-9H2,1-2H3. The van der Waals surface area contributed by atoms with Crippen molar-refractivity contribution in [2.24, 2.45) is 0 Å². The second kappa shape index (κ2) is 6.43. The molecule has 0 spiro atoms. The van der Waals surface area contributed by atoms with Crippen LogP contribution in [0.25, 0.3) is 16.7 Å². The number of para-hydroxylation sites is 1. The Morgan fingerprint density at radius 2 is 1.88 bits per heavy atom. The second-order valence-corrected chi connectivity index (χ2v) is 6.75. The lowest BCUT2D eigenvalue weighted by molar-refractivity contribution is 0.426. The van der Waals surface area contributed by atoms with Gasteiger partial charge < -0.3 is 4.90 Å². The van der Waals surface area contributed by atoms with Crippen LogP contribution < -0.4 is 4.90 Å². The van der Waals surface area contributed by atoms with Crippen LogP contribution in [-0.4, -0.2) is 32.8 Å². The van der Waals surface area contributed by atoms with Crippen molar-refractivity contribution in [3.05, 3.63) is 42.1 Å². The van der Waals surface area contributed by atoms with Crippen molar-refractivity contribution in [2.75, 3.05) is 11.9 Å². The van der Waals surface area contributed by atoms with Crippen molar-refractivity contribution in [3.63, 3.8) is 0 Å². The first-order chi connectivity index (χ1) is 12.2. The van der Waals surface area contributed by atoms with E-state index in [-0.39, 0.29) is 5.82 Å². The maximum absolute atomic E-state index is 14.2. The summed E-state index contributed by atoms with van der Waals surface area (Å²) in [7, 11) is 2.09. The van der Waals surface area contributed by atoms with Gasteiger partial charge in [0.2, 0.25) is 0 Å². The van der Waals surface area contributed by atoms with E-state index in [1.54, 1.807) is 29.2 Å². The zero-order chi connectivity index (χ0) is 17.4. The summed E-state index contributed by atoms with van der Waals surface area (Å²) >= 11 is 0. The first kappa shape index (κ1) is 16.0. The quantitative estimate of drug-likeness (QED) is 0.723. The molecule has 25 heavy (non-hydrogen) atoms. The summed E-state index contributed by atoms with van der Waals surface area (Å²) in [5.41, 5.74) is 1.87. The van der Waals surface area contributed by atoms with E-state index in [0.717, 1.165) is 16.9 Å². The SMILES string of the molecule is Cc1nn(-c2ccccc2F)c2ncnc(N(C)C3CCCCC3)c12. The van der Waals surface area contributed by atoms with Gasteiger partial charge in [-0.3, -0.25) is 0 Å². The zero-order valence-corrected chi connectivity index (χ0v) is 14.6. The molecule has 1 aliphatic rings. The largest absolute Gasteiger partial charge is 0.356 e. The third-order valence-corrected chi connectivity index (χ3v) is 5.16. The Morgan fingerprint density at radius 3 is 2.64 bits per heavy atom. The van der Waals surface area contributed by atoms with E-state index in [2.05, 4.69) is 27.0 Å². The number of aromatic nitrogens is 4. The second-order valence-electron chi connectivity index (χ2n) is 6.75. The van der Waals surface area contributed by atoms with Crippen LogP contribution in [0.3, 0.4) is 0 Å². The number of halogens is 1. The molecule has 1 saturated carbocycles. The van der Waals surface area contributed by atoms with Crippen molar-refractivity contribution in [1.82, 2.24) is 19.7 Å². The van der Waals surface area contributed by atoms with E-state index < -0.39 is 0 Å². The maximum Gasteiger partial charge on any atom is 0.168 e. The van der Waals surface area contributed by atoms with E-state index in [9.17, 15) is 4.39 Å². The van der Waals surface area contributed by atoms with Crippen LogP contribution in [0, 0.1) is 12.7 Å². The third kappa shape index (κ3) is 2.75. The molecule has 4 rings (SSSR count). The smallest absolute Gasteiger partial charge is 0.168 e. The summed E-state index contributed by atoms with van der Waals surface area (Å²) in [6.45, 7) is 1.93. The van der Waals surface area contributed by atoms with Crippen LogP contribution in [0.5, 0.6) is 0 Å². The fourth-order valence-electron chi connectivity index (χ4n) is 3.80. The topological polar surface area (TPSA) is 46.8 Å². The lowest BCUT2D eigenvalue weighted by Crippen LogP contribution is -2.34. The molecule has 1 fully saturated rings. The van der Waals surface area contributed by atoms with Crippen molar-refractivity contribution in [3.8, 4) is 5.69 Å². The van der Waals surface area contributed by atoms with Crippen molar-refractivity contribution < 1.29 is 4.39 Å². The normalized spacial score (nSPS) is 15.6. The van der Waals surface area contributed by atoms with E-state index in [0.29, 0.717) is 17.4 Å². The molecule has 0 bridgehead atoms. The molecule has 1 aliphatic carbocycles. The van der Waals surface area contributed by atoms with Gasteiger partial charge in [-0.15, -0.1) is 0 Å². The Bertz CT molecular complexity index is 898. The van der Waals surface area contributed by atoms with Gasteiger partial charge in [-0.1, -0.05) is 31.4 Å². The monoisotopic (exact) mass is 339 g/mol. The summed E-state index contributed by atoms with van der Waals surface area (Å²) < 4.78 is 15.8. The summed E-state index contributed by atoms with van der Waals surface area (Å²) in [4.78, 5) is 11.2. The van der Waals surface area contributed by atoms with Gasteiger partial charge in [-0.25, -0.2) is 19.0 Å². The predicted octanol–water partition coefficient (Wildman–Crippen LogP) is 4.03. The van der Waals surface area contributed by atoms with Gasteiger partial charge in [0.05, 0.1) is 11.1 Å². The van der Waals surface area contributed by atoms with Crippen LogP contribution in [-0.2, 0) is 0 Å². The number of aryl methyl sites for hydroxylation is 1. The molecular weight excluding hydrogens is 317 g/mol. The highest BCUT2D eigenvalue weighted by molar-refractivity contribution is 5.90. The minimum absolute atomic E-state index is 0.312. The molecule has 0 aliphatic heterocycles. The number of benzene rings is 1. The lowest BCUT2D eigenvalue weighted by atomic mass is 9.94. The molecular formula is C19H22FN5. The van der Waals surface area contributed by atoms with Crippen LogP contribution in [0.1, 0.15) is 37.8 Å². The van der Waals surface area contributed by atoms with Gasteiger partial charge in [-0.05, 0) is 31.9 Å². The molecule has 2 heterocycles. The number of fused-ring (bicyclic) bond motifs is 1. The highest BCUT2D eigenvalue weighted by Crippen LogP contribution is 2.31. The van der Waals surface area contributed by atoms with Crippen LogP contribution >= 0.6 is 0 Å². The average Bonchev–Trinajstić information content (AvgIpc) is 2.99. The van der Waals surface area contributed by atoms with Gasteiger partial charge in [-0.2, -0.15) is 5.10 Å². The molecule has 0 N–H and O–H groups in total. The summed E-state index contributed by atoms with van der Waals surface area (Å²) in [5, 5.41) is 5.46. The Hall–Kier alpha value is -2.50. The molecule has 5 nitrogen and oxygen atoms in total. The fourth-order valence-corrected chi connectivity index (χ4v) is 3.80. The van der Waals surface area contributed by atoms with E-state index >= 15 is 0 Å². The van der Waals surface area contributed by atoms with E-state index in [1.165, 1.54) is 38.2 Å². The molecule has 0 amide bonds. The van der Waals surface area contributed by atoms with Gasteiger partial charge in [0.25, 0.3) is 0 Å². The van der Waals surface area contributed by atoms with Crippen LogP contribution in [0.2, 0.25) is 0 Å². The maximum atomic E-state index is 14.2. The molecule has 6 heteroatoms. The van der Waals surface area contributed by atoms with Crippen LogP contribution in [0.4, 0.5) is 10.2 Å². The fraction of sp³-hybridized carbons (Fsp3) is 0.421. The summed E-state index contributed by atoms with van der Waals surface area (Å²) in [6, 6.07) is 7.12. The minimum Gasteiger partial charge on any atom is -0.356 e. The molecule has 2 aromatic heterocycles. The highest BCUT2D eigenvalue weighted by Gasteiger charge is 2.24. The minimum atomic E-state index is -0.312. The lowest BCUT2D eigenvalue weighted by Gasteiger charge is -2.32. The van der Waals surface area contributed by atoms with Crippen molar-refractivity contribution in [1.29, 1.82) is 0 Å². The molecule has 0 radical (unpaired) electrons. The third-order valence-electron chi connectivity index (χ3n) is 5.16. The average molecular weight is 339 g/mol. The van der Waals surface area contributed by atoms with E-state index in [4.69, 9.17) is 0 Å². The number of hydrogen-bond donors (Lipinski definition) is 0. The molecule has 0 saturated heterocycles. The molecule has 0 unspecified atom stereocenters. The zero-order valence-electron chi connectivity index (χ0n) is 14.6. The summed E-state index contributed by atoms with van der Waals surface area (Å²) in [5.74, 6) is 0.574. The van der Waals surface area contributed by atoms with Gasteiger partial charge in [0, 0.05) is 13.1 Å². The molecule has 130 valence electrons. The Balaban J connectivity index is 1.84. The highest BCUT2D eigenvalue weighted by atomic mass is 19.1. The Kier molecular flexibility index (Phi) is 4.11. The molecule has 0 atom stereocenters. The van der Waals surface area contributed by atoms with E-state index in [1.807, 2.05) is 6.92 Å². The predicted molar refractivity (Wildman–Crippen MR) is 96.6 cm³/mol. The molecule has 1 aromatic carbocycles. The number of nitrogens with zero attached hydrogens (tertiary/aromatic N) is 5. The van der Waals surface area contributed by atoms with Crippen molar-refractivity contribution >= 4 is 16.9 Å².